The van der Waals surface area contributed by atoms with Crippen molar-refractivity contribution in [2.75, 3.05) is 0 Å². The van der Waals surface area contributed by atoms with Crippen LogP contribution in [0.5, 0.6) is 0 Å². The summed E-state index contributed by atoms with van der Waals surface area (Å²) >= 11 is 1.92. The number of carbonyl (C=O) groups excluding carboxylic acids is 1. The van der Waals surface area contributed by atoms with Gasteiger partial charge in [0.2, 0.25) is 0 Å². The van der Waals surface area contributed by atoms with E-state index in [1.807, 2.05) is 17.8 Å². The average Bonchev–Trinajstić information content (AvgIpc) is 2.90. The number of carbonyl (C=O) groups is 1. The Balaban J connectivity index is 1.87. The van der Waals surface area contributed by atoms with Crippen molar-refractivity contribution in [1.29, 1.82) is 0 Å². The van der Waals surface area contributed by atoms with E-state index in [1.165, 1.54) is 10.5 Å². The van der Waals surface area contributed by atoms with Crippen molar-refractivity contribution in [2.45, 2.75) is 55.6 Å². The molecule has 0 fully saturated rings. The second kappa shape index (κ2) is 6.31. The Bertz CT molecular complexity index is 878. The highest BCUT2D eigenvalue weighted by Crippen LogP contribution is 2.50. The predicted molar refractivity (Wildman–Crippen MR) is 97.4 cm³/mol. The maximum Gasteiger partial charge on any atom is 0.177 e. The van der Waals surface area contributed by atoms with E-state index in [4.69, 9.17) is 4.42 Å². The zero-order chi connectivity index (χ0) is 18.2. The van der Waals surface area contributed by atoms with Gasteiger partial charge in [0.15, 0.2) is 5.76 Å². The van der Waals surface area contributed by atoms with Crippen molar-refractivity contribution in [3.8, 4) is 11.8 Å². The van der Waals surface area contributed by atoms with Gasteiger partial charge in [-0.3, -0.25) is 0 Å². The Morgan fingerprint density at radius 3 is 2.68 bits per heavy atom. The molecule has 2 heterocycles. The topological polar surface area (TPSA) is 53.3 Å². The van der Waals surface area contributed by atoms with Gasteiger partial charge in [0.05, 0.1) is 0 Å². The van der Waals surface area contributed by atoms with Crippen LogP contribution in [0.4, 0.5) is 0 Å². The number of furan rings is 1. The molecular weight excluding hydrogens is 332 g/mol. The van der Waals surface area contributed by atoms with Crippen LogP contribution >= 0.6 is 11.8 Å². The highest BCUT2D eigenvalue weighted by atomic mass is 32.2. The number of hydrogen-bond acceptors (Lipinski definition) is 4. The lowest BCUT2D eigenvalue weighted by atomic mass is 9.76. The number of rotatable bonds is 2. The first kappa shape index (κ1) is 17.7. The number of benzene rings is 1. The Morgan fingerprint density at radius 2 is 1.96 bits per heavy atom. The van der Waals surface area contributed by atoms with E-state index in [2.05, 4.69) is 51.7 Å². The van der Waals surface area contributed by atoms with Gasteiger partial charge in [0.1, 0.15) is 5.76 Å². The highest BCUT2D eigenvalue weighted by Gasteiger charge is 2.37. The number of carboxylic acid groups (broad SMARTS) is 1. The molecular formula is C21H21O3S-. The molecule has 0 aliphatic carbocycles. The molecule has 0 atom stereocenters. The first-order chi connectivity index (χ1) is 11.6. The summed E-state index contributed by atoms with van der Waals surface area (Å²) in [7, 11) is 0. The quantitative estimate of drug-likeness (QED) is 0.775. The summed E-state index contributed by atoms with van der Waals surface area (Å²) in [6.07, 6.45) is 0.876. The molecule has 0 N–H and O–H groups in total. The van der Waals surface area contributed by atoms with E-state index in [-0.39, 0.29) is 16.6 Å². The normalized spacial score (nSPS) is 17.3. The van der Waals surface area contributed by atoms with Crippen LogP contribution in [0.15, 0.2) is 39.6 Å². The smallest absolute Gasteiger partial charge is 0.177 e. The Hall–Kier alpha value is -2.12. The minimum absolute atomic E-state index is 0.105. The lowest BCUT2D eigenvalue weighted by Gasteiger charge is -2.41. The molecule has 130 valence electrons. The van der Waals surface area contributed by atoms with Gasteiger partial charge in [-0.05, 0) is 53.7 Å². The fraction of sp³-hybridized carbons (Fsp3) is 0.381. The summed E-state index contributed by atoms with van der Waals surface area (Å²) in [4.78, 5) is 11.9. The van der Waals surface area contributed by atoms with Gasteiger partial charge in [-0.1, -0.05) is 33.6 Å². The molecule has 0 radical (unpaired) electrons. The van der Waals surface area contributed by atoms with E-state index in [1.54, 1.807) is 12.1 Å². The molecule has 0 amide bonds. The van der Waals surface area contributed by atoms with Gasteiger partial charge in [-0.15, -0.1) is 11.8 Å². The molecule has 0 saturated heterocycles. The Labute approximate surface area is 152 Å². The largest absolute Gasteiger partial charge is 0.550 e. The average molecular weight is 353 g/mol. The minimum atomic E-state index is -1.16. The van der Waals surface area contributed by atoms with Crippen molar-refractivity contribution >= 4 is 17.7 Å². The highest BCUT2D eigenvalue weighted by molar-refractivity contribution is 8.00. The van der Waals surface area contributed by atoms with Gasteiger partial charge in [0.25, 0.3) is 0 Å². The van der Waals surface area contributed by atoms with Crippen molar-refractivity contribution in [2.24, 2.45) is 0 Å². The van der Waals surface area contributed by atoms with Crippen molar-refractivity contribution in [1.82, 2.24) is 0 Å². The molecule has 1 aromatic heterocycles. The molecule has 2 aromatic rings. The van der Waals surface area contributed by atoms with Crippen LogP contribution < -0.4 is 5.11 Å². The van der Waals surface area contributed by atoms with E-state index in [0.29, 0.717) is 11.5 Å². The Kier molecular flexibility index (Phi) is 4.47. The molecule has 3 nitrogen and oxygen atoms in total. The number of fused-ring (bicyclic) bond motifs is 1. The number of carboxylic acids is 1. The van der Waals surface area contributed by atoms with Crippen LogP contribution in [0.3, 0.4) is 0 Å². The molecule has 3 rings (SSSR count). The van der Waals surface area contributed by atoms with Gasteiger partial charge >= 0.3 is 0 Å². The molecule has 25 heavy (non-hydrogen) atoms. The molecule has 0 bridgehead atoms. The summed E-state index contributed by atoms with van der Waals surface area (Å²) in [5, 5.41) is 10.6. The molecule has 1 aliphatic heterocycles. The minimum Gasteiger partial charge on any atom is -0.550 e. The van der Waals surface area contributed by atoms with Gasteiger partial charge in [-0.25, -0.2) is 0 Å². The van der Waals surface area contributed by atoms with Crippen LogP contribution in [0.2, 0.25) is 0 Å². The second-order valence-electron chi connectivity index (χ2n) is 7.70. The number of thioether (sulfide) groups is 1. The van der Waals surface area contributed by atoms with Crippen molar-refractivity contribution in [3.63, 3.8) is 0 Å². The first-order valence-corrected chi connectivity index (χ1v) is 9.10. The van der Waals surface area contributed by atoms with E-state index in [9.17, 15) is 9.90 Å². The monoisotopic (exact) mass is 353 g/mol. The fourth-order valence-corrected chi connectivity index (χ4v) is 5.14. The summed E-state index contributed by atoms with van der Waals surface area (Å²) in [5.41, 5.74) is 2.37. The zero-order valence-corrected chi connectivity index (χ0v) is 15.8. The lowest BCUT2D eigenvalue weighted by molar-refractivity contribution is -0.305. The van der Waals surface area contributed by atoms with Crippen LogP contribution in [0.1, 0.15) is 56.8 Å². The third kappa shape index (κ3) is 4.11. The van der Waals surface area contributed by atoms with E-state index < -0.39 is 5.97 Å². The van der Waals surface area contributed by atoms with Crippen LogP contribution in [-0.4, -0.2) is 10.7 Å². The molecule has 4 heteroatoms. The van der Waals surface area contributed by atoms with Crippen molar-refractivity contribution in [3.05, 3.63) is 53.0 Å². The maximum atomic E-state index is 10.6. The molecule has 1 aliphatic rings. The summed E-state index contributed by atoms with van der Waals surface area (Å²) in [6, 6.07) is 9.65. The molecule has 1 aromatic carbocycles. The zero-order valence-electron chi connectivity index (χ0n) is 14.9. The van der Waals surface area contributed by atoms with E-state index >= 15 is 0 Å². The SMILES string of the molecule is CC1(C)CC(C)(C)c2cc(C#Cc3ccc(CC(=O)[O-])o3)ccc2S1. The third-order valence-corrected chi connectivity index (χ3v) is 5.55. The van der Waals surface area contributed by atoms with Gasteiger partial charge in [-0.2, -0.15) is 0 Å². The van der Waals surface area contributed by atoms with Crippen LogP contribution in [0, 0.1) is 11.8 Å². The van der Waals surface area contributed by atoms with Gasteiger partial charge < -0.3 is 14.3 Å². The number of hydrogen-bond donors (Lipinski definition) is 0. The Morgan fingerprint density at radius 1 is 1.20 bits per heavy atom. The summed E-state index contributed by atoms with van der Waals surface area (Å²) < 4.78 is 5.63. The second-order valence-corrected chi connectivity index (χ2v) is 9.45. The van der Waals surface area contributed by atoms with E-state index in [0.717, 1.165) is 12.0 Å². The molecule has 0 unspecified atom stereocenters. The number of aliphatic carboxylic acids is 1. The summed E-state index contributed by atoms with van der Waals surface area (Å²) in [5.74, 6) is 5.75. The van der Waals surface area contributed by atoms with Crippen molar-refractivity contribution < 1.29 is 14.3 Å². The first-order valence-electron chi connectivity index (χ1n) is 8.29. The third-order valence-electron chi connectivity index (χ3n) is 4.27. The van der Waals surface area contributed by atoms with Crippen LogP contribution in [-0.2, 0) is 16.6 Å². The van der Waals surface area contributed by atoms with Crippen LogP contribution in [0.25, 0.3) is 0 Å². The molecule has 0 spiro atoms. The maximum absolute atomic E-state index is 10.6. The van der Waals surface area contributed by atoms with Gasteiger partial charge in [0, 0.05) is 27.6 Å². The fourth-order valence-electron chi connectivity index (χ4n) is 3.54. The standard InChI is InChI=1S/C21H22O3S/c1-20(2)13-21(3,4)25-18-10-6-14(11-17(18)20)5-7-15-8-9-16(24-15)12-19(22)23/h6,8-11H,12-13H2,1-4H3,(H,22,23)/p-1. The molecule has 0 saturated carbocycles. The predicted octanol–water partition coefficient (Wildman–Crippen LogP) is 3.52. The summed E-state index contributed by atoms with van der Waals surface area (Å²) in [6.45, 7) is 9.14. The lowest BCUT2D eigenvalue weighted by Crippen LogP contribution is -2.33.